The monoisotopic (exact) mass is 232 g/mol. The summed E-state index contributed by atoms with van der Waals surface area (Å²) in [5.74, 6) is 0. The Balaban J connectivity index is 2.94. The molecule has 1 aromatic rings. The molecule has 0 amide bonds. The molecule has 2 atom stereocenters. The zero-order valence-electron chi connectivity index (χ0n) is 8.20. The number of aliphatic hydroxyl groups is 2. The number of aromatic nitrogens is 1. The van der Waals surface area contributed by atoms with Crippen molar-refractivity contribution in [3.05, 3.63) is 33.2 Å². The molecule has 1 heterocycles. The molecule has 0 aliphatic heterocycles. The van der Waals surface area contributed by atoms with E-state index in [9.17, 15) is 15.0 Å². The van der Waals surface area contributed by atoms with E-state index in [1.807, 2.05) is 0 Å². The lowest BCUT2D eigenvalue weighted by Crippen LogP contribution is -2.32. The fourth-order valence-corrected chi connectivity index (χ4v) is 1.39. The zero-order valence-corrected chi connectivity index (χ0v) is 8.95. The lowest BCUT2D eigenvalue weighted by molar-refractivity contribution is 0.0194. The molecule has 0 aromatic carbocycles. The van der Waals surface area contributed by atoms with Gasteiger partial charge in [0.1, 0.15) is 6.10 Å². The first-order valence-electron chi connectivity index (χ1n) is 4.45. The summed E-state index contributed by atoms with van der Waals surface area (Å²) < 4.78 is 0. The molecule has 0 saturated heterocycles. The summed E-state index contributed by atoms with van der Waals surface area (Å²) >= 11 is 5.66. The van der Waals surface area contributed by atoms with Crippen LogP contribution in [0.15, 0.2) is 17.1 Å². The number of aliphatic hydroxyl groups excluding tert-OH is 2. The number of rotatable bonds is 4. The van der Waals surface area contributed by atoms with E-state index in [-0.39, 0.29) is 12.1 Å². The molecule has 15 heavy (non-hydrogen) atoms. The molecule has 0 aliphatic carbocycles. The highest BCUT2D eigenvalue weighted by atomic mass is 35.5. The van der Waals surface area contributed by atoms with Crippen molar-refractivity contribution in [1.82, 2.24) is 10.3 Å². The Bertz CT molecular complexity index is 380. The maximum absolute atomic E-state index is 11.3. The van der Waals surface area contributed by atoms with Crippen LogP contribution in [0.1, 0.15) is 11.7 Å². The van der Waals surface area contributed by atoms with E-state index in [0.717, 1.165) is 0 Å². The van der Waals surface area contributed by atoms with Gasteiger partial charge in [-0.3, -0.25) is 4.79 Å². The van der Waals surface area contributed by atoms with Crippen molar-refractivity contribution in [2.45, 2.75) is 12.2 Å². The van der Waals surface area contributed by atoms with Gasteiger partial charge in [-0.15, -0.1) is 0 Å². The van der Waals surface area contributed by atoms with Gasteiger partial charge < -0.3 is 20.5 Å². The molecule has 1 aromatic heterocycles. The fraction of sp³-hybridized carbons (Fsp3) is 0.444. The van der Waals surface area contributed by atoms with Crippen LogP contribution in [0.2, 0.25) is 5.02 Å². The number of likely N-dealkylation sites (N-methyl/N-ethyl adjacent to an activating group) is 1. The van der Waals surface area contributed by atoms with Crippen molar-refractivity contribution in [3.8, 4) is 0 Å². The highest BCUT2D eigenvalue weighted by molar-refractivity contribution is 6.30. The molecule has 0 saturated carbocycles. The van der Waals surface area contributed by atoms with Gasteiger partial charge in [-0.2, -0.15) is 0 Å². The summed E-state index contributed by atoms with van der Waals surface area (Å²) in [5.41, 5.74) is -0.396. The van der Waals surface area contributed by atoms with E-state index < -0.39 is 17.8 Å². The van der Waals surface area contributed by atoms with Crippen LogP contribution < -0.4 is 10.9 Å². The van der Waals surface area contributed by atoms with Crippen LogP contribution >= 0.6 is 11.6 Å². The maximum atomic E-state index is 11.3. The lowest BCUT2D eigenvalue weighted by atomic mass is 10.1. The number of hydrogen-bond donors (Lipinski definition) is 4. The molecule has 84 valence electrons. The van der Waals surface area contributed by atoms with Gasteiger partial charge in [0, 0.05) is 18.3 Å². The van der Waals surface area contributed by atoms with E-state index in [0.29, 0.717) is 5.02 Å². The average molecular weight is 233 g/mol. The van der Waals surface area contributed by atoms with E-state index >= 15 is 0 Å². The van der Waals surface area contributed by atoms with Crippen LogP contribution in [-0.4, -0.2) is 34.9 Å². The molecular weight excluding hydrogens is 220 g/mol. The quantitative estimate of drug-likeness (QED) is 0.571. The van der Waals surface area contributed by atoms with E-state index in [2.05, 4.69) is 10.3 Å². The normalized spacial score (nSPS) is 14.9. The Labute approximate surface area is 91.7 Å². The van der Waals surface area contributed by atoms with Crippen LogP contribution in [-0.2, 0) is 0 Å². The molecule has 0 fully saturated rings. The number of nitrogens with one attached hydrogen (secondary N) is 2. The van der Waals surface area contributed by atoms with E-state index in [1.165, 1.54) is 12.3 Å². The van der Waals surface area contributed by atoms with E-state index in [4.69, 9.17) is 11.6 Å². The Morgan fingerprint density at radius 1 is 1.60 bits per heavy atom. The molecule has 2 unspecified atom stereocenters. The number of aromatic amines is 1. The summed E-state index contributed by atoms with van der Waals surface area (Å²) in [4.78, 5) is 13.7. The third-order valence-electron chi connectivity index (χ3n) is 1.99. The van der Waals surface area contributed by atoms with E-state index in [1.54, 1.807) is 7.05 Å². The van der Waals surface area contributed by atoms with Crippen LogP contribution in [0.5, 0.6) is 0 Å². The second-order valence-corrected chi connectivity index (χ2v) is 3.61. The topological polar surface area (TPSA) is 85.3 Å². The molecule has 6 heteroatoms. The summed E-state index contributed by atoms with van der Waals surface area (Å²) in [6.07, 6.45) is -0.973. The molecule has 0 bridgehead atoms. The van der Waals surface area contributed by atoms with Crippen molar-refractivity contribution >= 4 is 11.6 Å². The van der Waals surface area contributed by atoms with Crippen LogP contribution in [0, 0.1) is 0 Å². The first-order valence-corrected chi connectivity index (χ1v) is 4.83. The van der Waals surface area contributed by atoms with Gasteiger partial charge in [0.25, 0.3) is 5.56 Å². The Hall–Kier alpha value is -0.880. The van der Waals surface area contributed by atoms with Gasteiger partial charge in [0.15, 0.2) is 0 Å². The van der Waals surface area contributed by atoms with Crippen molar-refractivity contribution < 1.29 is 10.2 Å². The van der Waals surface area contributed by atoms with Gasteiger partial charge in [0.2, 0.25) is 0 Å². The predicted octanol–water partition coefficient (Wildman–Crippen LogP) is -0.358. The van der Waals surface area contributed by atoms with Crippen molar-refractivity contribution in [3.63, 3.8) is 0 Å². The Kier molecular flexibility index (Phi) is 4.28. The number of hydrogen-bond acceptors (Lipinski definition) is 4. The molecule has 0 radical (unpaired) electrons. The second-order valence-electron chi connectivity index (χ2n) is 3.17. The lowest BCUT2D eigenvalue weighted by Gasteiger charge is -2.16. The second kappa shape index (κ2) is 5.27. The highest BCUT2D eigenvalue weighted by Gasteiger charge is 2.20. The first-order chi connectivity index (χ1) is 7.06. The van der Waals surface area contributed by atoms with Gasteiger partial charge in [-0.25, -0.2) is 0 Å². The number of H-pyrrole nitrogens is 1. The average Bonchev–Trinajstić information content (AvgIpc) is 2.21. The van der Waals surface area contributed by atoms with Crippen molar-refractivity contribution in [1.29, 1.82) is 0 Å². The SMILES string of the molecule is CNCC(O)C(O)c1cc(Cl)c[nH]c1=O. The summed E-state index contributed by atoms with van der Waals surface area (Å²) in [5, 5.41) is 22.1. The van der Waals surface area contributed by atoms with Crippen LogP contribution in [0.25, 0.3) is 0 Å². The summed E-state index contributed by atoms with van der Waals surface area (Å²) in [7, 11) is 1.64. The molecule has 1 rings (SSSR count). The molecule has 0 aliphatic rings. The molecule has 5 nitrogen and oxygen atoms in total. The Morgan fingerprint density at radius 3 is 2.87 bits per heavy atom. The largest absolute Gasteiger partial charge is 0.389 e. The number of pyridine rings is 1. The third-order valence-corrected chi connectivity index (χ3v) is 2.21. The Morgan fingerprint density at radius 2 is 2.27 bits per heavy atom. The van der Waals surface area contributed by atoms with Gasteiger partial charge >= 0.3 is 0 Å². The van der Waals surface area contributed by atoms with Crippen molar-refractivity contribution in [2.75, 3.05) is 13.6 Å². The summed E-state index contributed by atoms with van der Waals surface area (Å²) in [6.45, 7) is 0.188. The molecule has 4 N–H and O–H groups in total. The van der Waals surface area contributed by atoms with Gasteiger partial charge in [-0.05, 0) is 13.1 Å². The standard InChI is InChI=1S/C9H13ClN2O3/c1-11-4-7(13)8(14)6-2-5(10)3-12-9(6)15/h2-3,7-8,11,13-14H,4H2,1H3,(H,12,15). The maximum Gasteiger partial charge on any atom is 0.253 e. The minimum atomic E-state index is -1.25. The highest BCUT2D eigenvalue weighted by Crippen LogP contribution is 2.15. The third kappa shape index (κ3) is 3.04. The van der Waals surface area contributed by atoms with Gasteiger partial charge in [-0.1, -0.05) is 11.6 Å². The minimum absolute atomic E-state index is 0.0604. The molecule has 0 spiro atoms. The number of halogens is 1. The summed E-state index contributed by atoms with van der Waals surface area (Å²) in [6, 6.07) is 1.34. The predicted molar refractivity (Wildman–Crippen MR) is 57.0 cm³/mol. The minimum Gasteiger partial charge on any atom is -0.389 e. The fourth-order valence-electron chi connectivity index (χ4n) is 1.22. The molecular formula is C9H13ClN2O3. The van der Waals surface area contributed by atoms with Crippen LogP contribution in [0.4, 0.5) is 0 Å². The first kappa shape index (κ1) is 12.2. The smallest absolute Gasteiger partial charge is 0.253 e. The van der Waals surface area contributed by atoms with Gasteiger partial charge in [0.05, 0.1) is 11.1 Å². The van der Waals surface area contributed by atoms with Crippen LogP contribution in [0.3, 0.4) is 0 Å². The van der Waals surface area contributed by atoms with Crippen molar-refractivity contribution in [2.24, 2.45) is 0 Å². The zero-order chi connectivity index (χ0) is 11.4.